The van der Waals surface area contributed by atoms with E-state index >= 15 is 0 Å². The van der Waals surface area contributed by atoms with Crippen molar-refractivity contribution >= 4 is 41.4 Å². The molecular weight excluding hydrogens is 190 g/mol. The molecule has 2 N–H and O–H groups in total. The van der Waals surface area contributed by atoms with Crippen molar-refractivity contribution in [2.45, 2.75) is 0 Å². The summed E-state index contributed by atoms with van der Waals surface area (Å²) in [6.45, 7) is 0. The summed E-state index contributed by atoms with van der Waals surface area (Å²) < 4.78 is 0. The highest BCUT2D eigenvalue weighted by Gasteiger charge is 1.96. The molecule has 6 heteroatoms. The average Bonchev–Trinajstić information content (AvgIpc) is 1.90. The van der Waals surface area contributed by atoms with Gasteiger partial charge in [-0.2, -0.15) is 0 Å². The first kappa shape index (κ1) is 10.3. The first-order valence-electron chi connectivity index (χ1n) is 2.43. The Balaban J connectivity index is 0.000000180. The van der Waals surface area contributed by atoms with Crippen molar-refractivity contribution < 1.29 is 9.90 Å². The molecule has 0 aliphatic carbocycles. The molecular formula is C4H8NO2S3-. The standard InChI is InChI=1S/C3H6S3.CH3NO2/c1-4-2-6-3-5-1;2-1(3)4/h1-3H2;2H2,(H,3,4)/p-1. The van der Waals surface area contributed by atoms with Crippen LogP contribution in [0.4, 0.5) is 4.79 Å². The van der Waals surface area contributed by atoms with Crippen LogP contribution in [0.3, 0.4) is 0 Å². The lowest BCUT2D eigenvalue weighted by molar-refractivity contribution is -0.245. The molecule has 10 heavy (non-hydrogen) atoms. The number of primary amides is 1. The first-order chi connectivity index (χ1) is 4.73. The molecule has 1 saturated heterocycles. The monoisotopic (exact) mass is 198 g/mol. The van der Waals surface area contributed by atoms with Gasteiger partial charge in [-0.05, 0) is 0 Å². The summed E-state index contributed by atoms with van der Waals surface area (Å²) in [7, 11) is 0. The van der Waals surface area contributed by atoms with Gasteiger partial charge in [0, 0.05) is 15.3 Å². The van der Waals surface area contributed by atoms with Gasteiger partial charge in [0.1, 0.15) is 6.09 Å². The van der Waals surface area contributed by atoms with E-state index < -0.39 is 6.09 Å². The van der Waals surface area contributed by atoms with E-state index in [-0.39, 0.29) is 0 Å². The number of nitrogens with two attached hydrogens (primary N) is 1. The van der Waals surface area contributed by atoms with Crippen LogP contribution in [0.2, 0.25) is 0 Å². The fraction of sp³-hybridized carbons (Fsp3) is 0.750. The number of hydrogen-bond acceptors (Lipinski definition) is 5. The summed E-state index contributed by atoms with van der Waals surface area (Å²) in [6.07, 6.45) is -1.58. The number of carbonyl (C=O) groups excluding carboxylic acids is 1. The van der Waals surface area contributed by atoms with E-state index in [0.29, 0.717) is 0 Å². The van der Waals surface area contributed by atoms with Crippen LogP contribution in [0.1, 0.15) is 0 Å². The SMILES string of the molecule is C1SCSCS1.NC(=O)[O-]. The third kappa shape index (κ3) is 11.2. The maximum atomic E-state index is 8.67. The molecule has 1 amide bonds. The zero-order chi connectivity index (χ0) is 7.82. The van der Waals surface area contributed by atoms with E-state index in [1.807, 2.05) is 35.3 Å². The van der Waals surface area contributed by atoms with Crippen molar-refractivity contribution in [1.82, 2.24) is 0 Å². The molecule has 1 heterocycles. The summed E-state index contributed by atoms with van der Waals surface area (Å²) in [5, 5.41) is 12.6. The lowest BCUT2D eigenvalue weighted by Gasteiger charge is -2.05. The van der Waals surface area contributed by atoms with Crippen molar-refractivity contribution in [1.29, 1.82) is 0 Å². The third-order valence-electron chi connectivity index (χ3n) is 0.500. The largest absolute Gasteiger partial charge is 0.530 e. The number of thioether (sulfide) groups is 3. The van der Waals surface area contributed by atoms with E-state index in [2.05, 4.69) is 5.73 Å². The van der Waals surface area contributed by atoms with Gasteiger partial charge >= 0.3 is 0 Å². The third-order valence-corrected chi connectivity index (χ3v) is 4.50. The Kier molecular flexibility index (Phi) is 7.66. The maximum absolute atomic E-state index is 8.67. The molecule has 0 atom stereocenters. The molecule has 1 aliphatic heterocycles. The summed E-state index contributed by atoms with van der Waals surface area (Å²) in [6, 6.07) is 0. The minimum absolute atomic E-state index is 1.31. The van der Waals surface area contributed by atoms with Crippen LogP contribution < -0.4 is 10.8 Å². The van der Waals surface area contributed by atoms with Crippen molar-refractivity contribution in [3.05, 3.63) is 0 Å². The Labute approximate surface area is 72.5 Å². The van der Waals surface area contributed by atoms with Gasteiger partial charge < -0.3 is 15.6 Å². The quantitative estimate of drug-likeness (QED) is 0.609. The molecule has 60 valence electrons. The van der Waals surface area contributed by atoms with Gasteiger partial charge in [0.2, 0.25) is 0 Å². The molecule has 1 aliphatic rings. The number of carbonyl (C=O) groups is 1. The molecule has 0 unspecified atom stereocenters. The fourth-order valence-corrected chi connectivity index (χ4v) is 4.35. The second-order valence-corrected chi connectivity index (χ2v) is 5.34. The summed E-state index contributed by atoms with van der Waals surface area (Å²) >= 11 is 6.06. The van der Waals surface area contributed by atoms with Crippen LogP contribution in [-0.4, -0.2) is 21.3 Å². The van der Waals surface area contributed by atoms with Crippen LogP contribution in [0.25, 0.3) is 0 Å². The molecule has 1 rings (SSSR count). The summed E-state index contributed by atoms with van der Waals surface area (Å²) in [5.41, 5.74) is 3.92. The summed E-state index contributed by atoms with van der Waals surface area (Å²) in [5.74, 6) is 0. The smallest absolute Gasteiger partial charge is 0.131 e. The molecule has 0 aromatic carbocycles. The molecule has 0 aromatic heterocycles. The number of amides is 1. The first-order valence-corrected chi connectivity index (χ1v) is 5.89. The molecule has 3 nitrogen and oxygen atoms in total. The van der Waals surface area contributed by atoms with Crippen LogP contribution >= 0.6 is 35.3 Å². The average molecular weight is 198 g/mol. The van der Waals surface area contributed by atoms with Crippen molar-refractivity contribution in [3.63, 3.8) is 0 Å². The number of hydrogen-bond donors (Lipinski definition) is 1. The number of rotatable bonds is 0. The van der Waals surface area contributed by atoms with E-state index in [9.17, 15) is 0 Å². The normalized spacial score (nSPS) is 16.8. The Morgan fingerprint density at radius 3 is 1.50 bits per heavy atom. The summed E-state index contributed by atoms with van der Waals surface area (Å²) in [4.78, 5) is 8.67. The Morgan fingerprint density at radius 2 is 1.40 bits per heavy atom. The molecule has 1 fully saturated rings. The van der Waals surface area contributed by atoms with Gasteiger partial charge in [0.25, 0.3) is 0 Å². The second-order valence-electron chi connectivity index (χ2n) is 1.28. The van der Waals surface area contributed by atoms with E-state index in [0.717, 1.165) is 0 Å². The molecule has 0 radical (unpaired) electrons. The zero-order valence-corrected chi connectivity index (χ0v) is 7.69. The topological polar surface area (TPSA) is 66.2 Å². The van der Waals surface area contributed by atoms with Crippen LogP contribution in [0.5, 0.6) is 0 Å². The van der Waals surface area contributed by atoms with Crippen LogP contribution in [-0.2, 0) is 0 Å². The fourth-order valence-electron chi connectivity index (χ4n) is 0.279. The highest BCUT2D eigenvalue weighted by Crippen LogP contribution is 2.27. The molecule has 0 bridgehead atoms. The van der Waals surface area contributed by atoms with Crippen molar-refractivity contribution in [3.8, 4) is 0 Å². The van der Waals surface area contributed by atoms with Crippen molar-refractivity contribution in [2.75, 3.05) is 15.3 Å². The minimum atomic E-state index is -1.58. The van der Waals surface area contributed by atoms with E-state index in [1.165, 1.54) is 15.3 Å². The van der Waals surface area contributed by atoms with Gasteiger partial charge in [0.05, 0.1) is 0 Å². The van der Waals surface area contributed by atoms with Gasteiger partial charge in [0.15, 0.2) is 0 Å². The zero-order valence-electron chi connectivity index (χ0n) is 5.24. The van der Waals surface area contributed by atoms with E-state index in [1.54, 1.807) is 0 Å². The molecule has 0 saturated carbocycles. The molecule has 0 aromatic rings. The molecule has 0 spiro atoms. The van der Waals surface area contributed by atoms with E-state index in [4.69, 9.17) is 9.90 Å². The van der Waals surface area contributed by atoms with Gasteiger partial charge in [-0.25, -0.2) is 0 Å². The highest BCUT2D eigenvalue weighted by atomic mass is 32.3. The highest BCUT2D eigenvalue weighted by molar-refractivity contribution is 8.31. The van der Waals surface area contributed by atoms with Gasteiger partial charge in [-0.3, -0.25) is 0 Å². The van der Waals surface area contributed by atoms with Crippen LogP contribution in [0, 0.1) is 0 Å². The Bertz CT molecular complexity index is 81.0. The number of carboxylic acid groups (broad SMARTS) is 1. The predicted molar refractivity (Wildman–Crippen MR) is 47.0 cm³/mol. The maximum Gasteiger partial charge on any atom is 0.131 e. The van der Waals surface area contributed by atoms with Crippen LogP contribution in [0.15, 0.2) is 0 Å². The van der Waals surface area contributed by atoms with Crippen molar-refractivity contribution in [2.24, 2.45) is 5.73 Å². The van der Waals surface area contributed by atoms with Gasteiger partial charge in [-0.15, -0.1) is 35.3 Å². The lowest BCUT2D eigenvalue weighted by atomic mass is 11.3. The Morgan fingerprint density at radius 1 is 1.20 bits per heavy atom. The predicted octanol–water partition coefficient (Wildman–Crippen LogP) is 0.360. The minimum Gasteiger partial charge on any atom is -0.530 e. The van der Waals surface area contributed by atoms with Gasteiger partial charge in [-0.1, -0.05) is 0 Å². The Hall–Kier alpha value is 0.320. The second kappa shape index (κ2) is 7.43. The lowest BCUT2D eigenvalue weighted by Crippen LogP contribution is -2.29.